The van der Waals surface area contributed by atoms with Gasteiger partial charge in [-0.25, -0.2) is 4.98 Å². The summed E-state index contributed by atoms with van der Waals surface area (Å²) in [6, 6.07) is 1.49. The summed E-state index contributed by atoms with van der Waals surface area (Å²) in [6.07, 6.45) is -3.35. The summed E-state index contributed by atoms with van der Waals surface area (Å²) in [7, 11) is 0. The molecule has 0 amide bonds. The number of benzene rings is 1. The number of nitrogens with two attached hydrogens (primary N) is 1. The van der Waals surface area contributed by atoms with Crippen LogP contribution in [0.1, 0.15) is 36.6 Å². The van der Waals surface area contributed by atoms with Gasteiger partial charge in [0.1, 0.15) is 11.6 Å². The van der Waals surface area contributed by atoms with Crippen molar-refractivity contribution in [3.8, 4) is 0 Å². The van der Waals surface area contributed by atoms with E-state index in [0.717, 1.165) is 4.57 Å². The van der Waals surface area contributed by atoms with Crippen LogP contribution in [0.4, 0.5) is 5.69 Å². The van der Waals surface area contributed by atoms with Crippen molar-refractivity contribution < 1.29 is 15.1 Å². The Morgan fingerprint density at radius 3 is 3.10 bits per heavy atom. The lowest BCUT2D eigenvalue weighted by molar-refractivity contribution is -0.132. The normalized spacial score (nSPS) is 24.3. The van der Waals surface area contributed by atoms with E-state index in [2.05, 4.69) is 4.98 Å². The molecule has 108 valence electrons. The number of nitrogen functional groups attached to an aromatic ring is 1. The predicted molar refractivity (Wildman–Crippen MR) is 78.1 cm³/mol. The summed E-state index contributed by atoms with van der Waals surface area (Å²) in [4.78, 5) is 41.0. The van der Waals surface area contributed by atoms with Gasteiger partial charge in [0, 0.05) is 16.2 Å². The van der Waals surface area contributed by atoms with Gasteiger partial charge in [-0.2, -0.15) is 0 Å². The Balaban J connectivity index is 2.31. The number of hydrogen-bond acceptors (Lipinski definition) is 5. The number of carbonyl (C=O) groups is 2. The van der Waals surface area contributed by atoms with E-state index in [-0.39, 0.29) is 28.5 Å². The van der Waals surface area contributed by atoms with Crippen LogP contribution < -0.4 is 11.3 Å². The molecule has 1 aliphatic rings. The van der Waals surface area contributed by atoms with Gasteiger partial charge in [0.15, 0.2) is 5.78 Å². The molecule has 21 heavy (non-hydrogen) atoms. The first-order valence-corrected chi connectivity index (χ1v) is 6.33. The molecule has 2 N–H and O–H groups in total. The Morgan fingerprint density at radius 2 is 2.33 bits per heavy atom. The maximum absolute atomic E-state index is 12.9. The molecule has 0 saturated heterocycles. The van der Waals surface area contributed by atoms with Crippen LogP contribution in [0.15, 0.2) is 23.0 Å². The summed E-state index contributed by atoms with van der Waals surface area (Å²) in [5.41, 5.74) is 5.24. The van der Waals surface area contributed by atoms with Gasteiger partial charge < -0.3 is 5.73 Å². The zero-order valence-corrected chi connectivity index (χ0v) is 11.0. The van der Waals surface area contributed by atoms with E-state index in [1.807, 2.05) is 0 Å². The number of aromatic nitrogens is 2. The Kier molecular flexibility index (Phi) is 2.16. The Hall–Kier alpha value is -2.50. The highest BCUT2D eigenvalue weighted by Crippen LogP contribution is 2.24. The largest absolute Gasteiger partial charge is 0.398 e. The number of fused-ring (bicyclic) bond motifs is 1. The molecule has 1 unspecified atom stereocenters. The predicted octanol–water partition coefficient (Wildman–Crippen LogP) is 1.15. The first kappa shape index (κ1) is 9.44. The number of anilines is 1. The molecular formula is C15H15N3O3. The zero-order valence-electron chi connectivity index (χ0n) is 15.0. The van der Waals surface area contributed by atoms with E-state index in [4.69, 9.17) is 11.2 Å². The van der Waals surface area contributed by atoms with Gasteiger partial charge in [0.2, 0.25) is 0 Å². The van der Waals surface area contributed by atoms with E-state index in [0.29, 0.717) is 0 Å². The third-order valence-electron chi connectivity index (χ3n) is 3.47. The molecule has 1 aromatic carbocycles. The van der Waals surface area contributed by atoms with Crippen LogP contribution in [-0.4, -0.2) is 21.1 Å². The number of Topliss-reactive ketones (excluding diaryl/α,β-unsaturated/α-hetero) is 2. The third-order valence-corrected chi connectivity index (χ3v) is 3.47. The lowest BCUT2D eigenvalue weighted by Gasteiger charge is -2.24. The van der Waals surface area contributed by atoms with Crippen molar-refractivity contribution in [2.75, 3.05) is 5.73 Å². The maximum atomic E-state index is 12.9. The lowest BCUT2D eigenvalue weighted by Crippen LogP contribution is -2.36. The van der Waals surface area contributed by atoms with E-state index < -0.39 is 49.3 Å². The Bertz CT molecular complexity index is 971. The number of rotatable bonds is 1. The van der Waals surface area contributed by atoms with Gasteiger partial charge >= 0.3 is 0 Å². The van der Waals surface area contributed by atoms with Gasteiger partial charge in [-0.1, -0.05) is 6.07 Å². The van der Waals surface area contributed by atoms with Crippen LogP contribution in [0.25, 0.3) is 10.9 Å². The fourth-order valence-corrected chi connectivity index (χ4v) is 2.46. The molecule has 1 aromatic heterocycles. The Morgan fingerprint density at radius 1 is 1.52 bits per heavy atom. The van der Waals surface area contributed by atoms with Crippen LogP contribution in [0, 0.1) is 6.90 Å². The van der Waals surface area contributed by atoms with Gasteiger partial charge in [-0.05, 0) is 25.4 Å². The fraction of sp³-hybridized carbons (Fsp3) is 0.333. The average molecular weight is 289 g/mol. The second kappa shape index (κ2) is 4.80. The van der Waals surface area contributed by atoms with Gasteiger partial charge in [0.25, 0.3) is 5.56 Å². The maximum Gasteiger partial charge on any atom is 0.264 e. The summed E-state index contributed by atoms with van der Waals surface area (Å²) >= 11 is 0. The highest BCUT2D eigenvalue weighted by atomic mass is 16.2. The van der Waals surface area contributed by atoms with E-state index in [1.54, 1.807) is 0 Å². The minimum Gasteiger partial charge on any atom is -0.398 e. The standard InChI is InChI=1S/C15H15N3O3/c1-8-17-11-4-2-3-10(16)14(11)15(21)18(8)12-6-5-9(19)7-13(12)20/h2-4,12H,5-7,16H2,1H3/i1D,4D,5D2. The summed E-state index contributed by atoms with van der Waals surface area (Å²) in [6.45, 7) is -0.444. The van der Waals surface area contributed by atoms with Crippen molar-refractivity contribution in [1.29, 1.82) is 0 Å². The monoisotopic (exact) mass is 289 g/mol. The smallest absolute Gasteiger partial charge is 0.264 e. The molecule has 1 heterocycles. The van der Waals surface area contributed by atoms with Crippen LogP contribution in [0.5, 0.6) is 0 Å². The summed E-state index contributed by atoms with van der Waals surface area (Å²) < 4.78 is 32.0. The van der Waals surface area contributed by atoms with Gasteiger partial charge in [-0.15, -0.1) is 0 Å². The quantitative estimate of drug-likeness (QED) is 0.627. The molecule has 6 nitrogen and oxygen atoms in total. The van der Waals surface area contributed by atoms with Crippen molar-refractivity contribution in [3.63, 3.8) is 0 Å². The van der Waals surface area contributed by atoms with E-state index in [9.17, 15) is 14.4 Å². The Labute approximate surface area is 126 Å². The van der Waals surface area contributed by atoms with Crippen LogP contribution in [0.2, 0.25) is 0 Å². The molecule has 0 aliphatic heterocycles. The summed E-state index contributed by atoms with van der Waals surface area (Å²) in [5.74, 6) is -1.49. The zero-order chi connectivity index (χ0) is 18.5. The first-order valence-electron chi connectivity index (χ1n) is 8.53. The lowest BCUT2D eigenvalue weighted by atomic mass is 9.92. The molecule has 2 aromatic rings. The van der Waals surface area contributed by atoms with E-state index in [1.165, 1.54) is 12.1 Å². The summed E-state index contributed by atoms with van der Waals surface area (Å²) in [5, 5.41) is -0.0463. The van der Waals surface area contributed by atoms with Gasteiger partial charge in [0.05, 0.1) is 24.7 Å². The average Bonchev–Trinajstić information content (AvgIpc) is 2.54. The first-order chi connectivity index (χ1) is 11.7. The minimum absolute atomic E-state index is 0.0332. The number of aryl methyl sites for hydroxylation is 1. The van der Waals surface area contributed by atoms with Crippen molar-refractivity contribution in [2.24, 2.45) is 0 Å². The van der Waals surface area contributed by atoms with E-state index >= 15 is 0 Å². The number of hydrogen-bond donors (Lipinski definition) is 1. The molecule has 6 heteroatoms. The van der Waals surface area contributed by atoms with Gasteiger partial charge in [-0.3, -0.25) is 19.0 Å². The molecular weight excluding hydrogens is 270 g/mol. The van der Waals surface area contributed by atoms with Crippen molar-refractivity contribution >= 4 is 28.2 Å². The molecule has 0 radical (unpaired) electrons. The molecule has 1 fully saturated rings. The van der Waals surface area contributed by atoms with Crippen molar-refractivity contribution in [1.82, 2.24) is 9.55 Å². The van der Waals surface area contributed by atoms with Crippen molar-refractivity contribution in [3.05, 3.63) is 34.4 Å². The molecule has 3 rings (SSSR count). The van der Waals surface area contributed by atoms with Crippen LogP contribution >= 0.6 is 0 Å². The second-order valence-corrected chi connectivity index (χ2v) is 4.82. The van der Waals surface area contributed by atoms with Crippen LogP contribution in [0.3, 0.4) is 0 Å². The molecule has 0 bridgehead atoms. The van der Waals surface area contributed by atoms with Crippen LogP contribution in [-0.2, 0) is 9.59 Å². The number of ketones is 2. The third kappa shape index (κ3) is 2.12. The molecule has 1 atom stereocenters. The fourth-order valence-electron chi connectivity index (χ4n) is 2.46. The van der Waals surface area contributed by atoms with Crippen molar-refractivity contribution in [2.45, 2.75) is 32.2 Å². The molecule has 1 saturated carbocycles. The molecule has 1 aliphatic carbocycles. The minimum atomic E-state index is -2.24. The highest BCUT2D eigenvalue weighted by molar-refractivity contribution is 6.03. The topological polar surface area (TPSA) is 95.0 Å². The number of nitrogens with zero attached hydrogens (tertiary/aromatic N) is 2. The highest BCUT2D eigenvalue weighted by Gasteiger charge is 2.30. The SMILES string of the molecule is [2H]Cc1nc2c([2H])ccc(N)c2c(=O)n1C1CC([2H])([2H])C(=O)CC1=O. The number of carbonyl (C=O) groups excluding carboxylic acids is 2. The molecule has 0 spiro atoms. The second-order valence-electron chi connectivity index (χ2n) is 4.82.